The zero-order valence-corrected chi connectivity index (χ0v) is 9.97. The van der Waals surface area contributed by atoms with Gasteiger partial charge in [-0.15, -0.1) is 0 Å². The number of rotatable bonds is 2. The van der Waals surface area contributed by atoms with E-state index >= 15 is 0 Å². The number of hydrazine groups is 1. The predicted molar refractivity (Wildman–Crippen MR) is 63.2 cm³/mol. The van der Waals surface area contributed by atoms with E-state index in [9.17, 15) is 0 Å². The van der Waals surface area contributed by atoms with E-state index in [0.29, 0.717) is 16.6 Å². The summed E-state index contributed by atoms with van der Waals surface area (Å²) in [5.41, 5.74) is 0.0960. The first-order valence-corrected chi connectivity index (χ1v) is 5.07. The van der Waals surface area contributed by atoms with Crippen LogP contribution in [0.15, 0.2) is 27.7 Å². The maximum Gasteiger partial charge on any atom is 0.149 e. The van der Waals surface area contributed by atoms with Crippen molar-refractivity contribution < 1.29 is 0 Å². The molecule has 1 atom stereocenters. The van der Waals surface area contributed by atoms with Crippen LogP contribution in [-0.2, 0) is 0 Å². The third-order valence-electron chi connectivity index (χ3n) is 1.82. The standard InChI is InChI=1S/C8H13Cl2N5/c1-12-3-5-7(9)14-6(4-13-2)15(11)8(5)10/h3-4,8,13-14H,11H2,1-2H3. The number of nitrogens with two attached hydrogens (primary N) is 1. The second-order valence-corrected chi connectivity index (χ2v) is 3.63. The number of hydrogen-bond donors (Lipinski definition) is 3. The van der Waals surface area contributed by atoms with Gasteiger partial charge in [-0.3, -0.25) is 10.0 Å². The highest BCUT2D eigenvalue weighted by molar-refractivity contribution is 6.33. The highest BCUT2D eigenvalue weighted by atomic mass is 35.5. The van der Waals surface area contributed by atoms with Gasteiger partial charge in [-0.05, 0) is 0 Å². The summed E-state index contributed by atoms with van der Waals surface area (Å²) in [5, 5.41) is 7.52. The molecule has 0 aromatic rings. The molecule has 0 saturated carbocycles. The van der Waals surface area contributed by atoms with E-state index in [1.54, 1.807) is 26.5 Å². The first-order valence-electron chi connectivity index (χ1n) is 4.26. The van der Waals surface area contributed by atoms with Gasteiger partial charge in [-0.2, -0.15) is 0 Å². The van der Waals surface area contributed by atoms with Crippen molar-refractivity contribution in [1.29, 1.82) is 0 Å². The van der Waals surface area contributed by atoms with Crippen molar-refractivity contribution in [3.8, 4) is 0 Å². The maximum absolute atomic E-state index is 6.10. The van der Waals surface area contributed by atoms with Gasteiger partial charge in [-0.25, -0.2) is 5.84 Å². The van der Waals surface area contributed by atoms with Crippen molar-refractivity contribution in [3.05, 3.63) is 22.8 Å². The first-order chi connectivity index (χ1) is 7.11. The summed E-state index contributed by atoms with van der Waals surface area (Å²) >= 11 is 12.1. The van der Waals surface area contributed by atoms with Crippen molar-refractivity contribution in [1.82, 2.24) is 15.6 Å². The van der Waals surface area contributed by atoms with Crippen LogP contribution in [0.25, 0.3) is 0 Å². The molecule has 4 N–H and O–H groups in total. The fourth-order valence-corrected chi connectivity index (χ4v) is 1.71. The van der Waals surface area contributed by atoms with Gasteiger partial charge in [0.2, 0.25) is 0 Å². The number of aliphatic imine (C=N–C) groups is 1. The summed E-state index contributed by atoms with van der Waals surface area (Å²) in [4.78, 5) is 3.86. The summed E-state index contributed by atoms with van der Waals surface area (Å²) in [6.45, 7) is 0. The minimum absolute atomic E-state index is 0.420. The van der Waals surface area contributed by atoms with E-state index in [1.807, 2.05) is 0 Å². The van der Waals surface area contributed by atoms with E-state index in [1.165, 1.54) is 5.01 Å². The molecule has 0 fully saturated rings. The molecule has 0 bridgehead atoms. The molecule has 1 rings (SSSR count). The summed E-state index contributed by atoms with van der Waals surface area (Å²) in [5.74, 6) is 6.36. The normalized spacial score (nSPS) is 25.0. The van der Waals surface area contributed by atoms with Crippen LogP contribution in [0, 0.1) is 0 Å². The van der Waals surface area contributed by atoms with Gasteiger partial charge in [0.15, 0.2) is 0 Å². The minimum Gasteiger partial charge on any atom is -0.391 e. The molecular formula is C8H13Cl2N5. The van der Waals surface area contributed by atoms with Crippen molar-refractivity contribution in [2.24, 2.45) is 10.8 Å². The van der Waals surface area contributed by atoms with Gasteiger partial charge in [-0.1, -0.05) is 23.2 Å². The van der Waals surface area contributed by atoms with Gasteiger partial charge < -0.3 is 10.6 Å². The molecule has 5 nitrogen and oxygen atoms in total. The topological polar surface area (TPSA) is 65.7 Å². The summed E-state index contributed by atoms with van der Waals surface area (Å²) < 4.78 is 0. The quantitative estimate of drug-likeness (QED) is 0.289. The van der Waals surface area contributed by atoms with Gasteiger partial charge in [0.1, 0.15) is 16.5 Å². The van der Waals surface area contributed by atoms with Crippen molar-refractivity contribution in [3.63, 3.8) is 0 Å². The molecule has 0 saturated heterocycles. The van der Waals surface area contributed by atoms with Crippen LogP contribution in [0.2, 0.25) is 0 Å². The third-order valence-corrected chi connectivity index (χ3v) is 2.58. The second-order valence-electron chi connectivity index (χ2n) is 2.84. The van der Waals surface area contributed by atoms with Crippen LogP contribution >= 0.6 is 23.2 Å². The molecule has 0 amide bonds. The fraction of sp³-hybridized carbons (Fsp3) is 0.375. The van der Waals surface area contributed by atoms with Gasteiger partial charge in [0.05, 0.1) is 0 Å². The molecule has 0 aromatic heterocycles. The van der Waals surface area contributed by atoms with E-state index in [4.69, 9.17) is 29.0 Å². The summed E-state index contributed by atoms with van der Waals surface area (Å²) in [6, 6.07) is 0. The first kappa shape index (κ1) is 12.2. The largest absolute Gasteiger partial charge is 0.391 e. The van der Waals surface area contributed by atoms with Crippen molar-refractivity contribution in [2.45, 2.75) is 5.50 Å². The van der Waals surface area contributed by atoms with E-state index in [-0.39, 0.29) is 0 Å². The Morgan fingerprint density at radius 1 is 1.67 bits per heavy atom. The van der Waals surface area contributed by atoms with E-state index < -0.39 is 5.50 Å². The van der Waals surface area contributed by atoms with E-state index in [0.717, 1.165) is 0 Å². The van der Waals surface area contributed by atoms with Crippen LogP contribution in [0.1, 0.15) is 0 Å². The monoisotopic (exact) mass is 249 g/mol. The van der Waals surface area contributed by atoms with E-state index in [2.05, 4.69) is 15.6 Å². The summed E-state index contributed by atoms with van der Waals surface area (Å²) in [6.07, 6.45) is 3.24. The minimum atomic E-state index is -0.540. The number of hydrogen-bond acceptors (Lipinski definition) is 5. The second kappa shape index (κ2) is 5.25. The zero-order valence-electron chi connectivity index (χ0n) is 8.46. The molecule has 1 aliphatic heterocycles. The van der Waals surface area contributed by atoms with Crippen LogP contribution in [0.5, 0.6) is 0 Å². The van der Waals surface area contributed by atoms with Gasteiger partial charge in [0.25, 0.3) is 0 Å². The maximum atomic E-state index is 6.10. The van der Waals surface area contributed by atoms with Crippen molar-refractivity contribution >= 4 is 29.4 Å². The molecule has 0 spiro atoms. The molecule has 1 unspecified atom stereocenters. The lowest BCUT2D eigenvalue weighted by molar-refractivity contribution is 0.327. The van der Waals surface area contributed by atoms with Crippen LogP contribution in [-0.4, -0.2) is 30.8 Å². The Labute approximate surface area is 98.6 Å². The Morgan fingerprint density at radius 3 is 2.87 bits per heavy atom. The molecule has 1 heterocycles. The highest BCUT2D eigenvalue weighted by Crippen LogP contribution is 2.24. The fourth-order valence-electron chi connectivity index (χ4n) is 1.13. The average molecular weight is 250 g/mol. The lowest BCUT2D eigenvalue weighted by Crippen LogP contribution is -2.47. The highest BCUT2D eigenvalue weighted by Gasteiger charge is 2.27. The van der Waals surface area contributed by atoms with Crippen LogP contribution in [0.4, 0.5) is 0 Å². The molecule has 84 valence electrons. The molecule has 0 radical (unpaired) electrons. The Bertz CT molecular complexity index is 323. The van der Waals surface area contributed by atoms with Gasteiger partial charge >= 0.3 is 0 Å². The third kappa shape index (κ3) is 2.56. The number of nitrogens with one attached hydrogen (secondary N) is 2. The predicted octanol–water partition coefficient (Wildman–Crippen LogP) is 0.499. The molecule has 1 aliphatic rings. The number of alkyl halides is 1. The zero-order chi connectivity index (χ0) is 11.4. The molecular weight excluding hydrogens is 237 g/mol. The molecule has 15 heavy (non-hydrogen) atoms. The molecule has 0 aromatic carbocycles. The smallest absolute Gasteiger partial charge is 0.149 e. The molecule has 7 heteroatoms. The van der Waals surface area contributed by atoms with Crippen molar-refractivity contribution in [2.75, 3.05) is 14.1 Å². The lowest BCUT2D eigenvalue weighted by Gasteiger charge is -2.32. The SMILES string of the molecule is CN=CC1=C(Cl)NC(=CNC)N(N)C1Cl. The number of halogens is 2. The average Bonchev–Trinajstić information content (AvgIpc) is 2.21. The Morgan fingerprint density at radius 2 is 2.33 bits per heavy atom. The lowest BCUT2D eigenvalue weighted by atomic mass is 10.2. The Hall–Kier alpha value is -0.910. The summed E-state index contributed by atoms with van der Waals surface area (Å²) in [7, 11) is 3.40. The Kier molecular flexibility index (Phi) is 4.26. The number of nitrogens with zero attached hydrogens (tertiary/aromatic N) is 2. The van der Waals surface area contributed by atoms with Crippen LogP contribution < -0.4 is 16.5 Å². The molecule has 0 aliphatic carbocycles. The van der Waals surface area contributed by atoms with Gasteiger partial charge in [0, 0.05) is 32.1 Å². The Balaban J connectivity index is 3.03. The van der Waals surface area contributed by atoms with Crippen LogP contribution in [0.3, 0.4) is 0 Å².